The van der Waals surface area contributed by atoms with Crippen molar-refractivity contribution in [1.82, 2.24) is 0 Å². The molecule has 2 heteroatoms. The van der Waals surface area contributed by atoms with Gasteiger partial charge in [0, 0.05) is 4.47 Å². The molecule has 0 heterocycles. The quantitative estimate of drug-likeness (QED) is 0.776. The van der Waals surface area contributed by atoms with Crippen LogP contribution in [0, 0.1) is 0 Å². The molecular formula is C16H15BrO. The average Bonchev–Trinajstić information content (AvgIpc) is 2.40. The van der Waals surface area contributed by atoms with Crippen molar-refractivity contribution >= 4 is 22.2 Å². The van der Waals surface area contributed by atoms with E-state index in [1.54, 1.807) is 0 Å². The van der Waals surface area contributed by atoms with Gasteiger partial charge in [-0.2, -0.15) is 0 Å². The summed E-state index contributed by atoms with van der Waals surface area (Å²) >= 11 is 3.41. The highest BCUT2D eigenvalue weighted by atomic mass is 79.9. The highest BCUT2D eigenvalue weighted by molar-refractivity contribution is 9.10. The first-order chi connectivity index (χ1) is 8.64. The lowest BCUT2D eigenvalue weighted by Gasteiger charge is -2.24. The molecule has 0 aliphatic carbocycles. The molecule has 2 aromatic rings. The SMILES string of the molecule is C[C@@](C=O)(Cc1ccccc1)c1ccc(Br)cc1. The van der Waals surface area contributed by atoms with Crippen molar-refractivity contribution in [1.29, 1.82) is 0 Å². The number of halogens is 1. The van der Waals surface area contributed by atoms with Crippen LogP contribution in [0.5, 0.6) is 0 Å². The second-order valence-corrected chi connectivity index (χ2v) is 5.62. The van der Waals surface area contributed by atoms with Crippen LogP contribution in [0.25, 0.3) is 0 Å². The van der Waals surface area contributed by atoms with Crippen molar-refractivity contribution in [3.63, 3.8) is 0 Å². The van der Waals surface area contributed by atoms with E-state index in [1.165, 1.54) is 5.56 Å². The van der Waals surface area contributed by atoms with Gasteiger partial charge in [-0.1, -0.05) is 58.4 Å². The van der Waals surface area contributed by atoms with Crippen LogP contribution in [-0.4, -0.2) is 6.29 Å². The van der Waals surface area contributed by atoms with Crippen LogP contribution in [-0.2, 0) is 16.6 Å². The maximum atomic E-state index is 11.5. The Morgan fingerprint density at radius 1 is 1.06 bits per heavy atom. The van der Waals surface area contributed by atoms with E-state index < -0.39 is 5.41 Å². The smallest absolute Gasteiger partial charge is 0.130 e. The molecule has 0 aliphatic rings. The predicted molar refractivity (Wildman–Crippen MR) is 77.7 cm³/mol. The zero-order valence-corrected chi connectivity index (χ0v) is 11.9. The van der Waals surface area contributed by atoms with Crippen LogP contribution < -0.4 is 0 Å². The fraction of sp³-hybridized carbons (Fsp3) is 0.188. The molecule has 0 fully saturated rings. The van der Waals surface area contributed by atoms with Crippen LogP contribution >= 0.6 is 15.9 Å². The Morgan fingerprint density at radius 3 is 2.22 bits per heavy atom. The summed E-state index contributed by atoms with van der Waals surface area (Å²) in [6.07, 6.45) is 1.77. The fourth-order valence-corrected chi connectivity index (χ4v) is 2.33. The number of carbonyl (C=O) groups is 1. The molecule has 92 valence electrons. The summed E-state index contributed by atoms with van der Waals surface area (Å²) in [4.78, 5) is 11.5. The molecule has 2 aromatic carbocycles. The van der Waals surface area contributed by atoms with Gasteiger partial charge in [0.25, 0.3) is 0 Å². The lowest BCUT2D eigenvalue weighted by atomic mass is 9.79. The third-order valence-corrected chi connectivity index (χ3v) is 3.71. The standard InChI is InChI=1S/C16H15BrO/c1-16(12-18,11-13-5-3-2-4-6-13)14-7-9-15(17)10-8-14/h2-10,12H,11H2,1H3/t16-/m0/s1. The topological polar surface area (TPSA) is 17.1 Å². The van der Waals surface area contributed by atoms with E-state index >= 15 is 0 Å². The van der Waals surface area contributed by atoms with Crippen LogP contribution in [0.3, 0.4) is 0 Å². The maximum Gasteiger partial charge on any atom is 0.130 e. The molecule has 0 aliphatic heterocycles. The van der Waals surface area contributed by atoms with Gasteiger partial charge in [0.05, 0.1) is 5.41 Å². The third kappa shape index (κ3) is 2.88. The van der Waals surface area contributed by atoms with Gasteiger partial charge in [0.2, 0.25) is 0 Å². The Hall–Kier alpha value is -1.41. The van der Waals surface area contributed by atoms with Gasteiger partial charge in [-0.25, -0.2) is 0 Å². The molecule has 0 unspecified atom stereocenters. The van der Waals surface area contributed by atoms with Crippen molar-refractivity contribution in [2.75, 3.05) is 0 Å². The molecule has 0 radical (unpaired) electrons. The molecule has 0 saturated heterocycles. The molecule has 1 nitrogen and oxygen atoms in total. The Kier molecular flexibility index (Phi) is 3.97. The van der Waals surface area contributed by atoms with Crippen LogP contribution in [0.15, 0.2) is 59.1 Å². The molecule has 0 N–H and O–H groups in total. The summed E-state index contributed by atoms with van der Waals surface area (Å²) in [6, 6.07) is 18.1. The van der Waals surface area contributed by atoms with E-state index in [0.717, 1.165) is 22.7 Å². The Bertz CT molecular complexity index is 519. The number of rotatable bonds is 4. The van der Waals surface area contributed by atoms with Gasteiger partial charge in [-0.15, -0.1) is 0 Å². The minimum atomic E-state index is -0.470. The van der Waals surface area contributed by atoms with E-state index in [0.29, 0.717) is 0 Å². The third-order valence-electron chi connectivity index (χ3n) is 3.18. The first-order valence-corrected chi connectivity index (χ1v) is 6.70. The first-order valence-electron chi connectivity index (χ1n) is 5.90. The second-order valence-electron chi connectivity index (χ2n) is 4.70. The minimum Gasteiger partial charge on any atom is -0.302 e. The van der Waals surface area contributed by atoms with Crippen LogP contribution in [0.4, 0.5) is 0 Å². The van der Waals surface area contributed by atoms with Gasteiger partial charge in [0.1, 0.15) is 6.29 Å². The summed E-state index contributed by atoms with van der Waals surface area (Å²) < 4.78 is 1.03. The summed E-state index contributed by atoms with van der Waals surface area (Å²) in [5, 5.41) is 0. The largest absolute Gasteiger partial charge is 0.302 e. The number of benzene rings is 2. The van der Waals surface area contributed by atoms with Crippen LogP contribution in [0.1, 0.15) is 18.1 Å². The minimum absolute atomic E-state index is 0.470. The summed E-state index contributed by atoms with van der Waals surface area (Å²) in [6.45, 7) is 1.98. The molecule has 0 amide bonds. The average molecular weight is 303 g/mol. The molecule has 0 bridgehead atoms. The number of hydrogen-bond acceptors (Lipinski definition) is 1. The molecule has 18 heavy (non-hydrogen) atoms. The predicted octanol–water partition coefficient (Wildman–Crippen LogP) is 4.15. The number of hydrogen-bond donors (Lipinski definition) is 0. The molecule has 0 saturated carbocycles. The lowest BCUT2D eigenvalue weighted by molar-refractivity contribution is -0.112. The van der Waals surface area contributed by atoms with Crippen molar-refractivity contribution < 1.29 is 4.79 Å². The zero-order chi connectivity index (χ0) is 13.0. The van der Waals surface area contributed by atoms with Gasteiger partial charge >= 0.3 is 0 Å². The molecule has 2 rings (SSSR count). The molecule has 0 aromatic heterocycles. The van der Waals surface area contributed by atoms with E-state index in [4.69, 9.17) is 0 Å². The highest BCUT2D eigenvalue weighted by Crippen LogP contribution is 2.27. The first kappa shape index (κ1) is 13.0. The van der Waals surface area contributed by atoms with Gasteiger partial charge in [0.15, 0.2) is 0 Å². The fourth-order valence-electron chi connectivity index (χ4n) is 2.06. The highest BCUT2D eigenvalue weighted by Gasteiger charge is 2.26. The Labute approximate surface area is 116 Å². The van der Waals surface area contributed by atoms with Crippen LogP contribution in [0.2, 0.25) is 0 Å². The lowest BCUT2D eigenvalue weighted by Crippen LogP contribution is -2.26. The van der Waals surface area contributed by atoms with Gasteiger partial charge < -0.3 is 4.79 Å². The van der Waals surface area contributed by atoms with E-state index in [1.807, 2.05) is 49.4 Å². The monoisotopic (exact) mass is 302 g/mol. The number of aldehydes is 1. The second kappa shape index (κ2) is 5.49. The maximum absolute atomic E-state index is 11.5. The summed E-state index contributed by atoms with van der Waals surface area (Å²) in [7, 11) is 0. The van der Waals surface area contributed by atoms with Gasteiger partial charge in [-0.3, -0.25) is 0 Å². The molecular weight excluding hydrogens is 288 g/mol. The molecule has 1 atom stereocenters. The van der Waals surface area contributed by atoms with Gasteiger partial charge in [-0.05, 0) is 36.6 Å². The Morgan fingerprint density at radius 2 is 1.67 bits per heavy atom. The summed E-state index contributed by atoms with van der Waals surface area (Å²) in [5.74, 6) is 0. The molecule has 0 spiro atoms. The van der Waals surface area contributed by atoms with E-state index in [-0.39, 0.29) is 0 Å². The number of carbonyl (C=O) groups excluding carboxylic acids is 1. The van der Waals surface area contributed by atoms with Crippen molar-refractivity contribution in [3.8, 4) is 0 Å². The van der Waals surface area contributed by atoms with Crippen molar-refractivity contribution in [3.05, 3.63) is 70.2 Å². The van der Waals surface area contributed by atoms with E-state index in [2.05, 4.69) is 28.1 Å². The normalized spacial score (nSPS) is 13.9. The summed E-state index contributed by atoms with van der Waals surface area (Å²) in [5.41, 5.74) is 1.75. The van der Waals surface area contributed by atoms with Crippen molar-refractivity contribution in [2.45, 2.75) is 18.8 Å². The van der Waals surface area contributed by atoms with Crippen molar-refractivity contribution in [2.24, 2.45) is 0 Å². The Balaban J connectivity index is 2.30. The zero-order valence-electron chi connectivity index (χ0n) is 10.3. The van der Waals surface area contributed by atoms with E-state index in [9.17, 15) is 4.79 Å².